The lowest BCUT2D eigenvalue weighted by atomic mass is 9.76. The molecular formula is C14H13N3O2. The zero-order chi connectivity index (χ0) is 13.0. The van der Waals surface area contributed by atoms with Crippen LogP contribution in [0.3, 0.4) is 0 Å². The van der Waals surface area contributed by atoms with E-state index in [-0.39, 0.29) is 17.9 Å². The molecule has 0 saturated carbocycles. The Kier molecular flexibility index (Phi) is 1.88. The summed E-state index contributed by atoms with van der Waals surface area (Å²) in [6.45, 7) is 0. The van der Waals surface area contributed by atoms with Gasteiger partial charge in [-0.05, 0) is 12.5 Å². The first-order valence-corrected chi connectivity index (χ1v) is 6.40. The predicted molar refractivity (Wildman–Crippen MR) is 69.5 cm³/mol. The first kappa shape index (κ1) is 10.6. The van der Waals surface area contributed by atoms with Gasteiger partial charge >= 0.3 is 6.03 Å². The molecule has 1 aromatic rings. The van der Waals surface area contributed by atoms with Gasteiger partial charge in [0.2, 0.25) is 0 Å². The van der Waals surface area contributed by atoms with Gasteiger partial charge in [-0.1, -0.05) is 24.3 Å². The molecule has 1 spiro atoms. The van der Waals surface area contributed by atoms with Crippen molar-refractivity contribution in [2.75, 3.05) is 5.32 Å². The van der Waals surface area contributed by atoms with Gasteiger partial charge in [0.15, 0.2) is 11.3 Å². The molecule has 2 amide bonds. The number of benzene rings is 1. The van der Waals surface area contributed by atoms with Crippen LogP contribution in [0.5, 0.6) is 0 Å². The Labute approximate surface area is 110 Å². The van der Waals surface area contributed by atoms with Gasteiger partial charge in [0, 0.05) is 17.7 Å². The molecule has 3 N–H and O–H groups in total. The average Bonchev–Trinajstić information content (AvgIpc) is 2.73. The van der Waals surface area contributed by atoms with Crippen LogP contribution in [0.1, 0.15) is 24.4 Å². The summed E-state index contributed by atoms with van der Waals surface area (Å²) in [6.07, 6.45) is 3.13. The monoisotopic (exact) mass is 255 g/mol. The highest BCUT2D eigenvalue weighted by atomic mass is 16.2. The number of hydrogen-bond acceptors (Lipinski definition) is 3. The van der Waals surface area contributed by atoms with Crippen molar-refractivity contribution in [2.24, 2.45) is 0 Å². The normalized spacial score (nSPS) is 31.2. The summed E-state index contributed by atoms with van der Waals surface area (Å²) in [5, 5.41) is 8.98. The number of hydrogen-bond donors (Lipinski definition) is 3. The van der Waals surface area contributed by atoms with E-state index in [9.17, 15) is 9.59 Å². The molecule has 19 heavy (non-hydrogen) atoms. The molecule has 2 unspecified atom stereocenters. The third kappa shape index (κ3) is 1.19. The molecule has 5 heteroatoms. The zero-order valence-corrected chi connectivity index (χ0v) is 10.2. The third-order valence-electron chi connectivity index (χ3n) is 4.14. The summed E-state index contributed by atoms with van der Waals surface area (Å²) < 4.78 is 0. The molecule has 2 atom stereocenters. The van der Waals surface area contributed by atoms with E-state index in [2.05, 4.69) is 16.0 Å². The fourth-order valence-electron chi connectivity index (χ4n) is 3.32. The van der Waals surface area contributed by atoms with E-state index in [1.807, 2.05) is 30.3 Å². The van der Waals surface area contributed by atoms with Gasteiger partial charge in [0.25, 0.3) is 0 Å². The van der Waals surface area contributed by atoms with Crippen LogP contribution in [0.25, 0.3) is 0 Å². The smallest absolute Gasteiger partial charge is 0.319 e. The van der Waals surface area contributed by atoms with Crippen molar-refractivity contribution in [1.29, 1.82) is 0 Å². The summed E-state index contributed by atoms with van der Waals surface area (Å²) in [6, 6.07) is 7.16. The van der Waals surface area contributed by atoms with Crippen LogP contribution in [-0.2, 0) is 4.79 Å². The number of para-hydroxylation sites is 1. The summed E-state index contributed by atoms with van der Waals surface area (Å²) in [5.74, 6) is 0.124. The van der Waals surface area contributed by atoms with Gasteiger partial charge in [-0.15, -0.1) is 0 Å². The second-order valence-corrected chi connectivity index (χ2v) is 5.13. The molecule has 0 bridgehead atoms. The maximum Gasteiger partial charge on any atom is 0.319 e. The van der Waals surface area contributed by atoms with E-state index in [1.165, 1.54) is 0 Å². The van der Waals surface area contributed by atoms with Crippen LogP contribution < -0.4 is 16.0 Å². The third-order valence-corrected chi connectivity index (χ3v) is 4.14. The topological polar surface area (TPSA) is 70.2 Å². The largest absolute Gasteiger partial charge is 0.366 e. The minimum Gasteiger partial charge on any atom is -0.366 e. The Morgan fingerprint density at radius 3 is 2.95 bits per heavy atom. The van der Waals surface area contributed by atoms with Crippen LogP contribution >= 0.6 is 0 Å². The minimum atomic E-state index is -0.837. The van der Waals surface area contributed by atoms with E-state index >= 15 is 0 Å². The van der Waals surface area contributed by atoms with Gasteiger partial charge in [-0.3, -0.25) is 4.79 Å². The lowest BCUT2D eigenvalue weighted by molar-refractivity contribution is -0.123. The Morgan fingerprint density at radius 1 is 1.21 bits per heavy atom. The highest BCUT2D eigenvalue weighted by Crippen LogP contribution is 2.48. The SMILES string of the molecule is O=C1NC2=CCCC(=O)C23Nc2ccccc2C3N1. The molecule has 3 aliphatic rings. The van der Waals surface area contributed by atoms with Crippen molar-refractivity contribution in [3.05, 3.63) is 41.6 Å². The molecule has 1 aromatic carbocycles. The summed E-state index contributed by atoms with van der Waals surface area (Å²) in [4.78, 5) is 24.3. The molecule has 0 radical (unpaired) electrons. The van der Waals surface area contributed by atoms with Gasteiger partial charge in [-0.25, -0.2) is 4.79 Å². The summed E-state index contributed by atoms with van der Waals surface area (Å²) in [5.41, 5.74) is 1.74. The Hall–Kier alpha value is -2.30. The average molecular weight is 255 g/mol. The van der Waals surface area contributed by atoms with Crippen molar-refractivity contribution in [3.8, 4) is 0 Å². The van der Waals surface area contributed by atoms with E-state index in [0.717, 1.165) is 11.3 Å². The van der Waals surface area contributed by atoms with Gasteiger partial charge in [-0.2, -0.15) is 0 Å². The van der Waals surface area contributed by atoms with Gasteiger partial charge in [0.05, 0.1) is 11.7 Å². The molecule has 4 rings (SSSR count). The van der Waals surface area contributed by atoms with E-state index in [0.29, 0.717) is 18.5 Å². The second kappa shape index (κ2) is 3.38. The number of fused-ring (bicyclic) bond motifs is 2. The standard InChI is InChI=1S/C14H13N3O2/c18-11-7-3-6-10-14(11)12(16-13(19)15-10)8-4-1-2-5-9(8)17-14/h1-2,4-6,12,17H,3,7H2,(H2,15,16,19). The maximum absolute atomic E-state index is 12.5. The predicted octanol–water partition coefficient (Wildman–Crippen LogP) is 1.45. The number of carbonyl (C=O) groups is 2. The highest BCUT2D eigenvalue weighted by molar-refractivity contribution is 6.02. The number of anilines is 1. The van der Waals surface area contributed by atoms with Crippen molar-refractivity contribution in [2.45, 2.75) is 24.4 Å². The van der Waals surface area contributed by atoms with Crippen molar-refractivity contribution in [1.82, 2.24) is 10.6 Å². The van der Waals surface area contributed by atoms with E-state index in [1.54, 1.807) is 0 Å². The molecule has 2 heterocycles. The number of nitrogens with one attached hydrogen (secondary N) is 3. The Bertz CT molecular complexity index is 637. The fraction of sp³-hybridized carbons (Fsp3) is 0.286. The lowest BCUT2D eigenvalue weighted by Crippen LogP contribution is -2.64. The van der Waals surface area contributed by atoms with Crippen LogP contribution in [0.15, 0.2) is 36.0 Å². The number of allylic oxidation sites excluding steroid dienone is 1. The van der Waals surface area contributed by atoms with Crippen LogP contribution in [-0.4, -0.2) is 17.4 Å². The molecule has 96 valence electrons. The molecule has 2 aliphatic heterocycles. The zero-order valence-electron chi connectivity index (χ0n) is 10.2. The molecular weight excluding hydrogens is 242 g/mol. The first-order valence-electron chi connectivity index (χ1n) is 6.40. The van der Waals surface area contributed by atoms with E-state index < -0.39 is 5.54 Å². The van der Waals surface area contributed by atoms with Crippen molar-refractivity contribution >= 4 is 17.5 Å². The Balaban J connectivity index is 1.95. The number of urea groups is 1. The summed E-state index contributed by atoms with van der Waals surface area (Å²) in [7, 11) is 0. The molecule has 0 aromatic heterocycles. The first-order chi connectivity index (χ1) is 9.22. The molecule has 1 saturated heterocycles. The maximum atomic E-state index is 12.5. The lowest BCUT2D eigenvalue weighted by Gasteiger charge is -2.42. The van der Waals surface area contributed by atoms with Gasteiger partial charge in [0.1, 0.15) is 0 Å². The Morgan fingerprint density at radius 2 is 2.05 bits per heavy atom. The van der Waals surface area contributed by atoms with Crippen LogP contribution in [0.2, 0.25) is 0 Å². The van der Waals surface area contributed by atoms with Crippen LogP contribution in [0, 0.1) is 0 Å². The number of ketones is 1. The number of rotatable bonds is 0. The number of amides is 2. The van der Waals surface area contributed by atoms with Gasteiger partial charge < -0.3 is 16.0 Å². The molecule has 1 aliphatic carbocycles. The summed E-state index contributed by atoms with van der Waals surface area (Å²) >= 11 is 0. The van der Waals surface area contributed by atoms with Crippen molar-refractivity contribution < 1.29 is 9.59 Å². The fourth-order valence-corrected chi connectivity index (χ4v) is 3.32. The second-order valence-electron chi connectivity index (χ2n) is 5.13. The molecule has 1 fully saturated rings. The van der Waals surface area contributed by atoms with Crippen LogP contribution in [0.4, 0.5) is 10.5 Å². The minimum absolute atomic E-state index is 0.124. The quantitative estimate of drug-likeness (QED) is 0.657. The number of Topliss-reactive ketones (excluding diaryl/α,β-unsaturated/α-hetero) is 1. The van der Waals surface area contributed by atoms with Crippen molar-refractivity contribution in [3.63, 3.8) is 0 Å². The van der Waals surface area contributed by atoms with E-state index in [4.69, 9.17) is 0 Å². The number of carbonyl (C=O) groups excluding carboxylic acids is 2. The highest BCUT2D eigenvalue weighted by Gasteiger charge is 2.57. The molecule has 5 nitrogen and oxygen atoms in total.